The fourth-order valence-corrected chi connectivity index (χ4v) is 1.93. The largest absolute Gasteiger partial charge is 0.493 e. The molecule has 0 saturated carbocycles. The maximum atomic E-state index is 11.8. The SMILES string of the molecule is CCC1Oc2c(cc(/C=C/C(=O)O)cc2OC)NC1=O. The molecule has 1 aromatic carbocycles. The molecular weight excluding hydrogens is 262 g/mol. The molecular formula is C14H15NO5. The van der Waals surface area contributed by atoms with E-state index in [0.717, 1.165) is 6.08 Å². The number of carbonyl (C=O) groups excluding carboxylic acids is 1. The maximum Gasteiger partial charge on any atom is 0.328 e. The van der Waals surface area contributed by atoms with Crippen LogP contribution in [0.15, 0.2) is 18.2 Å². The highest BCUT2D eigenvalue weighted by Crippen LogP contribution is 2.40. The number of fused-ring (bicyclic) bond motifs is 1. The number of methoxy groups -OCH3 is 1. The topological polar surface area (TPSA) is 84.9 Å². The zero-order valence-electron chi connectivity index (χ0n) is 11.2. The number of hydrogen-bond acceptors (Lipinski definition) is 4. The summed E-state index contributed by atoms with van der Waals surface area (Å²) in [6.07, 6.45) is 2.44. The highest BCUT2D eigenvalue weighted by molar-refractivity contribution is 5.99. The van der Waals surface area contributed by atoms with E-state index in [-0.39, 0.29) is 5.91 Å². The molecule has 0 aliphatic carbocycles. The van der Waals surface area contributed by atoms with E-state index in [0.29, 0.717) is 29.2 Å². The van der Waals surface area contributed by atoms with Gasteiger partial charge in [-0.1, -0.05) is 6.92 Å². The van der Waals surface area contributed by atoms with Gasteiger partial charge in [0.25, 0.3) is 5.91 Å². The number of carbonyl (C=O) groups is 2. The molecule has 106 valence electrons. The van der Waals surface area contributed by atoms with Crippen molar-refractivity contribution in [2.24, 2.45) is 0 Å². The van der Waals surface area contributed by atoms with Crippen LogP contribution in [0.1, 0.15) is 18.9 Å². The Hall–Kier alpha value is -2.50. The fourth-order valence-electron chi connectivity index (χ4n) is 1.93. The predicted molar refractivity (Wildman–Crippen MR) is 73.0 cm³/mol. The van der Waals surface area contributed by atoms with Crippen LogP contribution in [-0.2, 0) is 9.59 Å². The average Bonchev–Trinajstić information content (AvgIpc) is 2.43. The van der Waals surface area contributed by atoms with Crippen LogP contribution in [-0.4, -0.2) is 30.2 Å². The molecule has 1 heterocycles. The predicted octanol–water partition coefficient (Wildman–Crippen LogP) is 1.90. The third-order valence-electron chi connectivity index (χ3n) is 2.90. The first-order valence-electron chi connectivity index (χ1n) is 6.15. The Morgan fingerprint density at radius 1 is 1.55 bits per heavy atom. The first-order chi connectivity index (χ1) is 9.55. The second-order valence-corrected chi connectivity index (χ2v) is 4.28. The third kappa shape index (κ3) is 2.74. The van der Waals surface area contributed by atoms with Gasteiger partial charge in [0.05, 0.1) is 12.8 Å². The first-order valence-corrected chi connectivity index (χ1v) is 6.15. The fraction of sp³-hybridized carbons (Fsp3) is 0.286. The van der Waals surface area contributed by atoms with Crippen LogP contribution >= 0.6 is 0 Å². The number of anilines is 1. The molecule has 2 N–H and O–H groups in total. The lowest BCUT2D eigenvalue weighted by atomic mass is 10.1. The highest BCUT2D eigenvalue weighted by atomic mass is 16.5. The Morgan fingerprint density at radius 3 is 2.90 bits per heavy atom. The van der Waals surface area contributed by atoms with Gasteiger partial charge in [-0.2, -0.15) is 0 Å². The van der Waals surface area contributed by atoms with Gasteiger partial charge in [0.2, 0.25) is 0 Å². The summed E-state index contributed by atoms with van der Waals surface area (Å²) in [5, 5.41) is 11.4. The van der Waals surface area contributed by atoms with Gasteiger partial charge in [-0.05, 0) is 30.2 Å². The van der Waals surface area contributed by atoms with Gasteiger partial charge in [0, 0.05) is 6.08 Å². The molecule has 1 aliphatic heterocycles. The summed E-state index contributed by atoms with van der Waals surface area (Å²) in [5.74, 6) is -0.355. The quantitative estimate of drug-likeness (QED) is 0.821. The third-order valence-corrected chi connectivity index (χ3v) is 2.90. The number of ether oxygens (including phenoxy) is 2. The molecule has 0 spiro atoms. The molecule has 0 fully saturated rings. The van der Waals surface area contributed by atoms with Crippen LogP contribution < -0.4 is 14.8 Å². The molecule has 2 rings (SSSR count). The lowest BCUT2D eigenvalue weighted by Gasteiger charge is -2.26. The molecule has 20 heavy (non-hydrogen) atoms. The number of carboxylic acids is 1. The van der Waals surface area contributed by atoms with Crippen LogP contribution in [0.25, 0.3) is 6.08 Å². The van der Waals surface area contributed by atoms with Crippen LogP contribution in [0.5, 0.6) is 11.5 Å². The van der Waals surface area contributed by atoms with Gasteiger partial charge in [-0.25, -0.2) is 4.79 Å². The summed E-state index contributed by atoms with van der Waals surface area (Å²) in [5.41, 5.74) is 1.07. The van der Waals surface area contributed by atoms with Crippen molar-refractivity contribution < 1.29 is 24.2 Å². The molecule has 0 bridgehead atoms. The van der Waals surface area contributed by atoms with Crippen LogP contribution in [0.3, 0.4) is 0 Å². The second-order valence-electron chi connectivity index (χ2n) is 4.28. The number of benzene rings is 1. The zero-order valence-corrected chi connectivity index (χ0v) is 11.2. The van der Waals surface area contributed by atoms with Crippen molar-refractivity contribution in [3.8, 4) is 11.5 Å². The molecule has 0 saturated heterocycles. The van der Waals surface area contributed by atoms with E-state index in [4.69, 9.17) is 14.6 Å². The molecule has 1 atom stereocenters. The summed E-state index contributed by atoms with van der Waals surface area (Å²) in [4.78, 5) is 22.3. The van der Waals surface area contributed by atoms with Crippen LogP contribution in [0.2, 0.25) is 0 Å². The van der Waals surface area contributed by atoms with Crippen molar-refractivity contribution in [2.45, 2.75) is 19.4 Å². The number of carboxylic acid groups (broad SMARTS) is 1. The van der Waals surface area contributed by atoms with Crippen molar-refractivity contribution >= 4 is 23.6 Å². The number of nitrogens with one attached hydrogen (secondary N) is 1. The first kappa shape index (κ1) is 13.9. The smallest absolute Gasteiger partial charge is 0.328 e. The van der Waals surface area contributed by atoms with Gasteiger partial charge in [0.1, 0.15) is 0 Å². The second kappa shape index (κ2) is 5.64. The molecule has 1 unspecified atom stereocenters. The summed E-state index contributed by atoms with van der Waals surface area (Å²) in [7, 11) is 1.49. The van der Waals surface area contributed by atoms with E-state index >= 15 is 0 Å². The average molecular weight is 277 g/mol. The van der Waals surface area contributed by atoms with E-state index in [1.165, 1.54) is 13.2 Å². The molecule has 0 aromatic heterocycles. The van der Waals surface area contributed by atoms with Crippen molar-refractivity contribution in [1.82, 2.24) is 0 Å². The standard InChI is InChI=1S/C14H15NO5/c1-3-10-14(18)15-9-6-8(4-5-12(16)17)7-11(19-2)13(9)20-10/h4-7,10H,3H2,1-2H3,(H,15,18)(H,16,17)/b5-4+. The van der Waals surface area contributed by atoms with E-state index in [1.54, 1.807) is 12.1 Å². The molecule has 6 nitrogen and oxygen atoms in total. The summed E-state index contributed by atoms with van der Waals surface area (Å²) in [6.45, 7) is 1.85. The van der Waals surface area contributed by atoms with Crippen LogP contribution in [0.4, 0.5) is 5.69 Å². The molecule has 1 amide bonds. The zero-order chi connectivity index (χ0) is 14.7. The Labute approximate surface area is 116 Å². The van der Waals surface area contributed by atoms with Crippen molar-refractivity contribution in [3.05, 3.63) is 23.8 Å². The van der Waals surface area contributed by atoms with Gasteiger partial charge in [-0.3, -0.25) is 4.79 Å². The van der Waals surface area contributed by atoms with Gasteiger partial charge < -0.3 is 19.9 Å². The maximum absolute atomic E-state index is 11.8. The lowest BCUT2D eigenvalue weighted by molar-refractivity contribution is -0.131. The molecule has 1 aliphatic rings. The van der Waals surface area contributed by atoms with Gasteiger partial charge in [0.15, 0.2) is 17.6 Å². The van der Waals surface area contributed by atoms with Crippen LogP contribution in [0, 0.1) is 0 Å². The van der Waals surface area contributed by atoms with E-state index in [1.807, 2.05) is 6.92 Å². The Kier molecular flexibility index (Phi) is 3.93. The van der Waals surface area contributed by atoms with E-state index in [9.17, 15) is 9.59 Å². The molecule has 0 radical (unpaired) electrons. The van der Waals surface area contributed by atoms with Crippen molar-refractivity contribution in [2.75, 3.05) is 12.4 Å². The number of aliphatic carboxylic acids is 1. The Bertz CT molecular complexity index is 579. The van der Waals surface area contributed by atoms with Gasteiger partial charge in [-0.15, -0.1) is 0 Å². The van der Waals surface area contributed by atoms with Gasteiger partial charge >= 0.3 is 5.97 Å². The normalized spacial score (nSPS) is 17.3. The number of rotatable bonds is 4. The molecule has 6 heteroatoms. The summed E-state index contributed by atoms with van der Waals surface area (Å²) >= 11 is 0. The lowest BCUT2D eigenvalue weighted by Crippen LogP contribution is -2.36. The summed E-state index contributed by atoms with van der Waals surface area (Å²) < 4.78 is 10.8. The van der Waals surface area contributed by atoms with E-state index in [2.05, 4.69) is 5.32 Å². The number of hydrogen-bond donors (Lipinski definition) is 2. The molecule has 1 aromatic rings. The Balaban J connectivity index is 2.42. The minimum atomic E-state index is -1.05. The highest BCUT2D eigenvalue weighted by Gasteiger charge is 2.28. The van der Waals surface area contributed by atoms with E-state index < -0.39 is 12.1 Å². The number of amides is 1. The van der Waals surface area contributed by atoms with Crippen molar-refractivity contribution in [3.63, 3.8) is 0 Å². The summed E-state index contributed by atoms with van der Waals surface area (Å²) in [6, 6.07) is 3.30. The monoisotopic (exact) mass is 277 g/mol. The van der Waals surface area contributed by atoms with Crippen molar-refractivity contribution in [1.29, 1.82) is 0 Å². The minimum absolute atomic E-state index is 0.221. The minimum Gasteiger partial charge on any atom is -0.493 e. The Morgan fingerprint density at radius 2 is 2.30 bits per heavy atom.